The number of ether oxygens (including phenoxy) is 4. The molecule has 0 aliphatic heterocycles. The zero-order chi connectivity index (χ0) is 91.1. The molecule has 0 fully saturated rings. The lowest BCUT2D eigenvalue weighted by atomic mass is 10.1. The van der Waals surface area contributed by atoms with Crippen LogP contribution in [-0.4, -0.2) is 177 Å². The summed E-state index contributed by atoms with van der Waals surface area (Å²) in [5.74, 6) is 2.70. The fraction of sp³-hybridized carbons (Fsp3) is 0.452. The molecule has 13 heterocycles. The van der Waals surface area contributed by atoms with Crippen LogP contribution in [0.1, 0.15) is 143 Å². The summed E-state index contributed by atoms with van der Waals surface area (Å²) in [5, 5.41) is 10.9. The molecule has 13 rings (SSSR count). The van der Waals surface area contributed by atoms with Gasteiger partial charge < -0.3 is 46.4 Å². The average Bonchev–Trinajstić information content (AvgIpc) is 1.61. The Balaban J connectivity index is 0.000000173. The number of halogens is 4. The quantitative estimate of drug-likeness (QED) is 0.0132. The standard InChI is InChI=1S/C22H33ClN7O3.C22H32ClN7O2.C20H22ClN7O2.C20H25ClN6O2/c1-12(2)27(13(3)4)8-9-28-17-19(23)25-21(24)26-20(17)29(22(28)31)10-16-11-30(32)15(6)18(33-7)14(16)5;1-12(2)28(13(3)4)8-9-29-17-19(23)26-21(24)27-20(17)30(22(29)31)11-16-10-25-15(6)18(32-7)14(16)5;1-12-14(10-23-13(2)16(12)30-3)11-28-18-15(17(21)24-19(22)25-18)27(20(28)29)9-8-26-6-4-5-7-26;1-11(2)7-6-8-26-15-17(21)24-19(22)25-18(15)27(20(26)28)10-14-9-23-13(4)16(29-5)12(14)3/h11-13,32H,8-10H2,1-7H3,(H2,24,25,26);10,12-13H,8-9,11H2,1-7H3,(H2,24,26,27);4-7,10H,8-9,11H2,1-3H3,(H2,22,24,25);7,9H,6,8,10H2,1-5H3,(H2,22,24,25)/q+1;;;. The molecule has 0 aliphatic rings. The summed E-state index contributed by atoms with van der Waals surface area (Å²) in [4.78, 5) is 105. The molecule has 0 saturated carbocycles. The van der Waals surface area contributed by atoms with Crippen molar-refractivity contribution in [1.29, 1.82) is 0 Å². The summed E-state index contributed by atoms with van der Waals surface area (Å²) in [6.07, 6.45) is 13.5. The maximum absolute atomic E-state index is 13.6. The minimum atomic E-state index is -0.275. The summed E-state index contributed by atoms with van der Waals surface area (Å²) in [7, 11) is 6.37. The van der Waals surface area contributed by atoms with E-state index in [0.29, 0.717) is 155 Å². The molecule has 9 N–H and O–H groups in total. The van der Waals surface area contributed by atoms with Crippen LogP contribution in [0.15, 0.2) is 80.1 Å². The van der Waals surface area contributed by atoms with Crippen molar-refractivity contribution in [3.63, 3.8) is 0 Å². The fourth-order valence-electron chi connectivity index (χ4n) is 15.6. The van der Waals surface area contributed by atoms with E-state index in [4.69, 9.17) is 88.3 Å². The molecule has 0 atom stereocenters. The summed E-state index contributed by atoms with van der Waals surface area (Å²) in [6, 6.07) is 5.19. The zero-order valence-electron chi connectivity index (χ0n) is 74.3. The monoisotopic (exact) mass is 1780 g/mol. The SMILES string of the molecule is COc1c(C)c(Cn2c(=O)n(CCN(C(C)C)C(C)C)c3c(Cl)nc(N)nc32)c[n+](O)c1C.COc1c(C)ncc(Cn2c(=O)n(CCC=C(C)C)c3c(Cl)nc(N)nc32)c1C.COc1c(C)ncc(Cn2c(=O)n(CCN(C(C)C)C(C)C)c3c(Cl)nc(N)nc32)c1C.COc1c(C)ncc(Cn2c(=O)n(CCn3cccc3)c3c(Cl)nc(N)nc32)c1C. The normalized spacial score (nSPS) is 11.6. The van der Waals surface area contributed by atoms with E-state index >= 15 is 0 Å². The van der Waals surface area contributed by atoms with Gasteiger partial charge in [-0.05, 0) is 170 Å². The third kappa shape index (κ3) is 20.2. The van der Waals surface area contributed by atoms with Gasteiger partial charge in [-0.15, -0.1) is 0 Å². The predicted molar refractivity (Wildman–Crippen MR) is 484 cm³/mol. The van der Waals surface area contributed by atoms with Gasteiger partial charge in [0.1, 0.15) is 39.3 Å². The third-order valence-electron chi connectivity index (χ3n) is 21.9. The highest BCUT2D eigenvalue weighted by molar-refractivity contribution is 6.35. The fourth-order valence-corrected chi connectivity index (χ4v) is 16.7. The van der Waals surface area contributed by atoms with E-state index in [9.17, 15) is 24.4 Å². The van der Waals surface area contributed by atoms with Crippen LogP contribution in [0.2, 0.25) is 20.6 Å². The van der Waals surface area contributed by atoms with Crippen molar-refractivity contribution in [2.45, 2.75) is 214 Å². The lowest BCUT2D eigenvalue weighted by Crippen LogP contribution is -2.40. The third-order valence-corrected chi connectivity index (χ3v) is 22.9. The molecular formula is C84H112Cl4N27O9+. The first-order valence-electron chi connectivity index (χ1n) is 40.4. The molecule has 0 saturated heterocycles. The maximum Gasteiger partial charge on any atom is 0.330 e. The molecular weight excluding hydrogens is 1670 g/mol. The van der Waals surface area contributed by atoms with E-state index in [0.717, 1.165) is 60.8 Å². The number of nitrogens with zero attached hydrogens (tertiary/aromatic N) is 23. The maximum atomic E-state index is 13.6. The van der Waals surface area contributed by atoms with E-state index in [1.807, 2.05) is 91.4 Å². The van der Waals surface area contributed by atoms with Gasteiger partial charge in [0, 0.05) is 124 Å². The second-order valence-corrected chi connectivity index (χ2v) is 32.9. The number of hydrogen-bond donors (Lipinski definition) is 5. The minimum absolute atomic E-state index is 0.0140. The summed E-state index contributed by atoms with van der Waals surface area (Å²) in [5.41, 5.74) is 36.8. The van der Waals surface area contributed by atoms with Gasteiger partial charge in [0.05, 0.1) is 71.7 Å². The Bertz CT molecular complexity index is 6350. The van der Waals surface area contributed by atoms with Crippen LogP contribution in [0.5, 0.6) is 23.0 Å². The van der Waals surface area contributed by atoms with Crippen molar-refractivity contribution in [2.24, 2.45) is 0 Å². The van der Waals surface area contributed by atoms with Crippen LogP contribution in [0.3, 0.4) is 0 Å². The highest BCUT2D eigenvalue weighted by atomic mass is 35.5. The molecule has 664 valence electrons. The van der Waals surface area contributed by atoms with Crippen molar-refractivity contribution in [1.82, 2.24) is 106 Å². The zero-order valence-corrected chi connectivity index (χ0v) is 77.3. The molecule has 0 unspecified atom stereocenters. The van der Waals surface area contributed by atoms with E-state index in [1.165, 1.54) is 10.1 Å². The van der Waals surface area contributed by atoms with E-state index in [2.05, 4.69) is 126 Å². The van der Waals surface area contributed by atoms with Gasteiger partial charge in [0.2, 0.25) is 30.0 Å². The van der Waals surface area contributed by atoms with Crippen LogP contribution in [0.25, 0.3) is 44.7 Å². The van der Waals surface area contributed by atoms with Gasteiger partial charge >= 0.3 is 22.8 Å². The van der Waals surface area contributed by atoms with Crippen molar-refractivity contribution in [2.75, 3.05) is 64.5 Å². The smallest absolute Gasteiger partial charge is 0.330 e. The van der Waals surface area contributed by atoms with E-state index < -0.39 is 0 Å². The van der Waals surface area contributed by atoms with Crippen molar-refractivity contribution in [3.8, 4) is 23.0 Å². The van der Waals surface area contributed by atoms with Crippen LogP contribution in [0, 0.1) is 55.4 Å². The van der Waals surface area contributed by atoms with Crippen LogP contribution >= 0.6 is 46.4 Å². The Labute approximate surface area is 737 Å². The van der Waals surface area contributed by atoms with Crippen molar-refractivity contribution >= 4 is 115 Å². The second-order valence-electron chi connectivity index (χ2n) is 31.4. The molecule has 0 aromatic carbocycles. The highest BCUT2D eigenvalue weighted by Crippen LogP contribution is 2.33. The Kier molecular flexibility index (Phi) is 30.7. The van der Waals surface area contributed by atoms with Gasteiger partial charge in [-0.1, -0.05) is 58.1 Å². The molecule has 40 heteroatoms. The number of rotatable bonds is 28. The number of allylic oxidation sites excluding steroid dienone is 2. The lowest BCUT2D eigenvalue weighted by Gasteiger charge is -2.30. The first-order valence-corrected chi connectivity index (χ1v) is 41.9. The minimum Gasteiger partial charge on any atom is -0.495 e. The summed E-state index contributed by atoms with van der Waals surface area (Å²) >= 11 is 25.6. The molecule has 0 amide bonds. The van der Waals surface area contributed by atoms with Crippen LogP contribution < -0.4 is 69.4 Å². The molecule has 0 bridgehead atoms. The number of aryl methyl sites for hydroxylation is 6. The topological polar surface area (TPSA) is 426 Å². The van der Waals surface area contributed by atoms with Gasteiger partial charge in [-0.2, -0.15) is 39.9 Å². The Morgan fingerprint density at radius 2 is 0.702 bits per heavy atom. The molecule has 0 aliphatic carbocycles. The molecule has 13 aromatic heterocycles. The Morgan fingerprint density at radius 3 is 0.992 bits per heavy atom. The molecule has 13 aromatic rings. The average molecular weight is 1790 g/mol. The second kappa shape index (κ2) is 40.3. The molecule has 0 radical (unpaired) electrons. The van der Waals surface area contributed by atoms with Crippen LogP contribution in [0.4, 0.5) is 23.8 Å². The number of imidazole rings is 4. The van der Waals surface area contributed by atoms with Gasteiger partial charge in [-0.25, -0.2) is 19.2 Å². The lowest BCUT2D eigenvalue weighted by molar-refractivity contribution is -0.909. The van der Waals surface area contributed by atoms with Gasteiger partial charge in [0.25, 0.3) is 5.69 Å². The number of nitrogen functional groups attached to an aromatic ring is 4. The van der Waals surface area contributed by atoms with Crippen LogP contribution in [-0.2, 0) is 58.9 Å². The van der Waals surface area contributed by atoms with Crippen molar-refractivity contribution in [3.05, 3.63) is 191 Å². The van der Waals surface area contributed by atoms with Gasteiger partial charge in [-0.3, -0.25) is 66.5 Å². The van der Waals surface area contributed by atoms with E-state index in [1.54, 1.807) is 92.1 Å². The van der Waals surface area contributed by atoms with Gasteiger partial charge in [0.15, 0.2) is 49.0 Å². The predicted octanol–water partition coefficient (Wildman–Crippen LogP) is 10.8. The number of aromatic nitrogens is 21. The number of nitrogens with two attached hydrogens (primary N) is 4. The molecule has 124 heavy (non-hydrogen) atoms. The molecule has 36 nitrogen and oxygen atoms in total. The van der Waals surface area contributed by atoms with Crippen molar-refractivity contribution < 1.29 is 28.9 Å². The number of methoxy groups -OCH3 is 4. The number of pyridine rings is 4. The number of hydrogen-bond acceptors (Lipinski definition) is 26. The number of fused-ring (bicyclic) bond motifs is 4. The van der Waals surface area contributed by atoms with E-state index in [-0.39, 0.29) is 93.3 Å². The Hall–Kier alpha value is -11.7. The largest absolute Gasteiger partial charge is 0.495 e. The highest BCUT2D eigenvalue weighted by Gasteiger charge is 2.29. The first-order chi connectivity index (χ1) is 58.7. The molecule has 0 spiro atoms. The number of anilines is 4. The first kappa shape index (κ1) is 94.5. The summed E-state index contributed by atoms with van der Waals surface area (Å²) < 4.78 is 37.5. The Morgan fingerprint density at radius 1 is 0.419 bits per heavy atom. The summed E-state index contributed by atoms with van der Waals surface area (Å²) in [6.45, 7) is 40.9.